The van der Waals surface area contributed by atoms with Gasteiger partial charge in [-0.3, -0.25) is 0 Å². The molecular formula is C12H17N3O2. The van der Waals surface area contributed by atoms with Crippen molar-refractivity contribution in [2.24, 2.45) is 0 Å². The number of aromatic nitrogens is 2. The molecule has 0 radical (unpaired) electrons. The molecular weight excluding hydrogens is 218 g/mol. The van der Waals surface area contributed by atoms with Crippen LogP contribution in [0.3, 0.4) is 0 Å². The number of hydrogen-bond acceptors (Lipinski definition) is 5. The Morgan fingerprint density at radius 2 is 2.24 bits per heavy atom. The van der Waals surface area contributed by atoms with Crippen molar-refractivity contribution in [3.05, 3.63) is 11.7 Å². The molecule has 0 spiro atoms. The summed E-state index contributed by atoms with van der Waals surface area (Å²) in [4.78, 5) is 4.39. The van der Waals surface area contributed by atoms with Crippen LogP contribution in [0.2, 0.25) is 0 Å². The fourth-order valence-corrected chi connectivity index (χ4v) is 2.33. The van der Waals surface area contributed by atoms with Gasteiger partial charge in [-0.25, -0.2) is 0 Å². The highest BCUT2D eigenvalue weighted by Gasteiger charge is 2.40. The summed E-state index contributed by atoms with van der Waals surface area (Å²) in [6, 6.07) is 2.10. The van der Waals surface area contributed by atoms with Crippen molar-refractivity contribution in [1.29, 1.82) is 5.26 Å². The maximum Gasteiger partial charge on any atom is 0.226 e. The number of unbranched alkanes of at least 4 members (excludes halogenated alkanes) is 1. The summed E-state index contributed by atoms with van der Waals surface area (Å²) in [6.07, 6.45) is 6.16. The minimum atomic E-state index is -0.336. The van der Waals surface area contributed by atoms with Crippen molar-refractivity contribution in [3.63, 3.8) is 0 Å². The Morgan fingerprint density at radius 3 is 2.88 bits per heavy atom. The number of hydrogen-bond donors (Lipinski definition) is 0. The van der Waals surface area contributed by atoms with Crippen LogP contribution in [0, 0.1) is 11.3 Å². The van der Waals surface area contributed by atoms with Gasteiger partial charge in [0.25, 0.3) is 0 Å². The average molecular weight is 235 g/mol. The first kappa shape index (κ1) is 12.1. The summed E-state index contributed by atoms with van der Waals surface area (Å²) in [5.74, 6) is 1.28. The molecule has 0 bridgehead atoms. The van der Waals surface area contributed by atoms with Gasteiger partial charge in [0.2, 0.25) is 11.7 Å². The highest BCUT2D eigenvalue weighted by atomic mass is 16.5. The van der Waals surface area contributed by atoms with Gasteiger partial charge in [0, 0.05) is 20.0 Å². The number of rotatable bonds is 5. The molecule has 0 unspecified atom stereocenters. The lowest BCUT2D eigenvalue weighted by Crippen LogP contribution is -2.26. The third-order valence-corrected chi connectivity index (χ3v) is 3.36. The third-order valence-electron chi connectivity index (χ3n) is 3.36. The minimum Gasteiger partial charge on any atom is -0.370 e. The zero-order chi connectivity index (χ0) is 12.1. The second-order valence-electron chi connectivity index (χ2n) is 4.43. The van der Waals surface area contributed by atoms with Gasteiger partial charge in [-0.1, -0.05) is 5.16 Å². The van der Waals surface area contributed by atoms with E-state index >= 15 is 0 Å². The number of methoxy groups -OCH3 is 1. The number of aryl methyl sites for hydroxylation is 1. The first-order valence-electron chi connectivity index (χ1n) is 6.06. The van der Waals surface area contributed by atoms with Crippen molar-refractivity contribution >= 4 is 0 Å². The predicted molar refractivity (Wildman–Crippen MR) is 60.0 cm³/mol. The number of nitriles is 1. The molecule has 1 aromatic rings. The van der Waals surface area contributed by atoms with Crippen molar-refractivity contribution in [3.8, 4) is 6.07 Å². The van der Waals surface area contributed by atoms with Gasteiger partial charge in [0.1, 0.15) is 5.60 Å². The second kappa shape index (κ2) is 5.28. The SMILES string of the molecule is COC1(c2noc(CCCC#N)n2)CCCC1. The lowest BCUT2D eigenvalue weighted by atomic mass is 10.0. The van der Waals surface area contributed by atoms with Crippen LogP contribution in [0.15, 0.2) is 4.52 Å². The molecule has 92 valence electrons. The van der Waals surface area contributed by atoms with Gasteiger partial charge in [0.15, 0.2) is 0 Å². The topological polar surface area (TPSA) is 71.9 Å². The highest BCUT2D eigenvalue weighted by molar-refractivity contribution is 5.04. The molecule has 2 rings (SSSR count). The molecule has 0 aliphatic heterocycles. The van der Waals surface area contributed by atoms with Crippen molar-refractivity contribution in [2.75, 3.05) is 7.11 Å². The van der Waals surface area contributed by atoms with E-state index in [-0.39, 0.29) is 5.60 Å². The molecule has 0 amide bonds. The Balaban J connectivity index is 2.04. The van der Waals surface area contributed by atoms with Crippen molar-refractivity contribution in [1.82, 2.24) is 10.1 Å². The lowest BCUT2D eigenvalue weighted by Gasteiger charge is -2.22. The molecule has 1 aliphatic rings. The van der Waals surface area contributed by atoms with E-state index in [1.165, 1.54) is 0 Å². The van der Waals surface area contributed by atoms with E-state index in [0.29, 0.717) is 24.6 Å². The Morgan fingerprint density at radius 1 is 1.47 bits per heavy atom. The van der Waals surface area contributed by atoms with Gasteiger partial charge in [-0.2, -0.15) is 10.2 Å². The van der Waals surface area contributed by atoms with E-state index < -0.39 is 0 Å². The molecule has 5 heteroatoms. The Hall–Kier alpha value is -1.41. The van der Waals surface area contributed by atoms with Crippen LogP contribution < -0.4 is 0 Å². The molecule has 1 heterocycles. The lowest BCUT2D eigenvalue weighted by molar-refractivity contribution is -0.0178. The zero-order valence-electron chi connectivity index (χ0n) is 10.1. The fourth-order valence-electron chi connectivity index (χ4n) is 2.33. The molecule has 1 aromatic heterocycles. The van der Waals surface area contributed by atoms with E-state index in [1.807, 2.05) is 0 Å². The van der Waals surface area contributed by atoms with E-state index in [0.717, 1.165) is 32.1 Å². The summed E-state index contributed by atoms with van der Waals surface area (Å²) in [6.45, 7) is 0. The minimum absolute atomic E-state index is 0.336. The molecule has 0 aromatic carbocycles. The fraction of sp³-hybridized carbons (Fsp3) is 0.750. The molecule has 1 saturated carbocycles. The van der Waals surface area contributed by atoms with Crippen LogP contribution in [0.5, 0.6) is 0 Å². The monoisotopic (exact) mass is 235 g/mol. The summed E-state index contributed by atoms with van der Waals surface area (Å²) in [5, 5.41) is 12.5. The molecule has 1 fully saturated rings. The molecule has 0 atom stereocenters. The van der Waals surface area contributed by atoms with Gasteiger partial charge in [0.05, 0.1) is 6.07 Å². The van der Waals surface area contributed by atoms with Crippen LogP contribution in [0.4, 0.5) is 0 Å². The van der Waals surface area contributed by atoms with E-state index in [4.69, 9.17) is 14.5 Å². The number of ether oxygens (including phenoxy) is 1. The summed E-state index contributed by atoms with van der Waals surface area (Å²) >= 11 is 0. The van der Waals surface area contributed by atoms with Gasteiger partial charge >= 0.3 is 0 Å². The Bertz CT molecular complexity index is 402. The maximum absolute atomic E-state index is 8.46. The normalized spacial score (nSPS) is 18.1. The van der Waals surface area contributed by atoms with E-state index in [9.17, 15) is 0 Å². The predicted octanol–water partition coefficient (Wildman–Crippen LogP) is 2.33. The summed E-state index contributed by atoms with van der Waals surface area (Å²) in [7, 11) is 1.71. The standard InChI is InChI=1S/C12H17N3O2/c1-16-12(7-3-4-8-12)11-14-10(17-15-11)6-2-5-9-13/h2-8H2,1H3. The quantitative estimate of drug-likeness (QED) is 0.732. The smallest absolute Gasteiger partial charge is 0.226 e. The van der Waals surface area contributed by atoms with Crippen LogP contribution in [0.25, 0.3) is 0 Å². The molecule has 17 heavy (non-hydrogen) atoms. The Labute approximate surface area is 101 Å². The Kier molecular flexibility index (Phi) is 3.75. The van der Waals surface area contributed by atoms with E-state index in [1.54, 1.807) is 7.11 Å². The average Bonchev–Trinajstić information content (AvgIpc) is 2.98. The van der Waals surface area contributed by atoms with Crippen LogP contribution >= 0.6 is 0 Å². The zero-order valence-corrected chi connectivity index (χ0v) is 10.1. The molecule has 0 saturated heterocycles. The van der Waals surface area contributed by atoms with Crippen molar-refractivity contribution < 1.29 is 9.26 Å². The highest BCUT2D eigenvalue weighted by Crippen LogP contribution is 2.40. The van der Waals surface area contributed by atoms with Crippen molar-refractivity contribution in [2.45, 2.75) is 50.5 Å². The summed E-state index contributed by atoms with van der Waals surface area (Å²) in [5.41, 5.74) is -0.336. The van der Waals surface area contributed by atoms with Crippen LogP contribution in [-0.4, -0.2) is 17.3 Å². The summed E-state index contributed by atoms with van der Waals surface area (Å²) < 4.78 is 10.8. The van der Waals surface area contributed by atoms with Crippen LogP contribution in [-0.2, 0) is 16.8 Å². The van der Waals surface area contributed by atoms with Gasteiger partial charge in [-0.05, 0) is 32.1 Å². The third kappa shape index (κ3) is 2.47. The molecule has 5 nitrogen and oxygen atoms in total. The second-order valence-corrected chi connectivity index (χ2v) is 4.43. The van der Waals surface area contributed by atoms with Gasteiger partial charge < -0.3 is 9.26 Å². The molecule has 0 N–H and O–H groups in total. The maximum atomic E-state index is 8.46. The molecule has 1 aliphatic carbocycles. The first-order chi connectivity index (χ1) is 8.30. The first-order valence-corrected chi connectivity index (χ1v) is 6.06. The van der Waals surface area contributed by atoms with Gasteiger partial charge in [-0.15, -0.1) is 0 Å². The largest absolute Gasteiger partial charge is 0.370 e. The number of nitrogens with zero attached hydrogens (tertiary/aromatic N) is 3. The van der Waals surface area contributed by atoms with Crippen LogP contribution in [0.1, 0.15) is 50.2 Å². The van der Waals surface area contributed by atoms with E-state index in [2.05, 4.69) is 16.2 Å².